The van der Waals surface area contributed by atoms with Crippen LogP contribution >= 0.6 is 0 Å². The maximum atomic E-state index is 10.7. The van der Waals surface area contributed by atoms with Crippen LogP contribution in [0.4, 0.5) is 0 Å². The van der Waals surface area contributed by atoms with Crippen LogP contribution in [0.2, 0.25) is 0 Å². The van der Waals surface area contributed by atoms with Crippen molar-refractivity contribution in [3.8, 4) is 0 Å². The highest BCUT2D eigenvalue weighted by Crippen LogP contribution is 2.23. The van der Waals surface area contributed by atoms with E-state index < -0.39 is 0 Å². The molecular weight excluding hydrogens is 138 g/mol. The third-order valence-electron chi connectivity index (χ3n) is 2.34. The molecule has 2 nitrogen and oxygen atoms in total. The van der Waals surface area contributed by atoms with Crippen LogP contribution in [0.3, 0.4) is 0 Å². The van der Waals surface area contributed by atoms with Gasteiger partial charge in [0.1, 0.15) is 0 Å². The van der Waals surface area contributed by atoms with Gasteiger partial charge in [-0.1, -0.05) is 19.8 Å². The Bertz CT molecular complexity index is 144. The van der Waals surface area contributed by atoms with Gasteiger partial charge in [0.2, 0.25) is 5.91 Å². The molecule has 1 aliphatic carbocycles. The molecule has 0 saturated heterocycles. The lowest BCUT2D eigenvalue weighted by atomic mass is 9.87. The van der Waals surface area contributed by atoms with Gasteiger partial charge in [-0.15, -0.1) is 0 Å². The number of carbonyl (C=O) groups excluding carboxylic acids is 1. The molecule has 2 heteroatoms. The average Bonchev–Trinajstić information content (AvgIpc) is 1.85. The first-order valence-electron chi connectivity index (χ1n) is 4.45. The molecular formula is C9H17NO. The lowest BCUT2D eigenvalue weighted by Gasteiger charge is -2.26. The smallest absolute Gasteiger partial charge is 0.217 e. The number of hydrogen-bond donors (Lipinski definition) is 1. The summed E-state index contributed by atoms with van der Waals surface area (Å²) in [6.07, 6.45) is 4.94. The van der Waals surface area contributed by atoms with Gasteiger partial charge in [0.25, 0.3) is 0 Å². The van der Waals surface area contributed by atoms with Gasteiger partial charge < -0.3 is 5.32 Å². The van der Waals surface area contributed by atoms with E-state index in [1.165, 1.54) is 25.7 Å². The minimum absolute atomic E-state index is 0.115. The lowest BCUT2D eigenvalue weighted by Crippen LogP contribution is -2.36. The second-order valence-corrected chi connectivity index (χ2v) is 3.67. The standard InChI is InChI=1S/C9H17NO/c1-7-4-3-5-9(6-7)10-8(2)11/h7,9H,3-6H2,1-2H3,(H,10,11)/t7-,9+/m0/s1. The summed E-state index contributed by atoms with van der Waals surface area (Å²) >= 11 is 0. The molecule has 1 fully saturated rings. The van der Waals surface area contributed by atoms with Crippen molar-refractivity contribution in [2.75, 3.05) is 0 Å². The van der Waals surface area contributed by atoms with E-state index in [1.807, 2.05) is 0 Å². The van der Waals surface area contributed by atoms with Gasteiger partial charge in [-0.2, -0.15) is 0 Å². The largest absolute Gasteiger partial charge is 0.354 e. The van der Waals surface area contributed by atoms with Crippen molar-refractivity contribution in [3.05, 3.63) is 0 Å². The third kappa shape index (κ3) is 2.91. The molecule has 1 rings (SSSR count). The van der Waals surface area contributed by atoms with Crippen molar-refractivity contribution in [1.82, 2.24) is 5.32 Å². The van der Waals surface area contributed by atoms with Crippen molar-refractivity contribution >= 4 is 5.91 Å². The molecule has 1 N–H and O–H groups in total. The zero-order chi connectivity index (χ0) is 8.27. The molecule has 0 radical (unpaired) electrons. The summed E-state index contributed by atoms with van der Waals surface area (Å²) in [7, 11) is 0. The SMILES string of the molecule is CC(=O)N[C@@H]1CCC[C@H](C)C1. The van der Waals surface area contributed by atoms with E-state index in [0.29, 0.717) is 6.04 Å². The monoisotopic (exact) mass is 155 g/mol. The number of nitrogens with one attached hydrogen (secondary N) is 1. The Labute approximate surface area is 68.4 Å². The van der Waals surface area contributed by atoms with Crippen LogP contribution in [0.5, 0.6) is 0 Å². The molecule has 0 unspecified atom stereocenters. The first kappa shape index (κ1) is 8.57. The van der Waals surface area contributed by atoms with Crippen LogP contribution in [0, 0.1) is 5.92 Å². The van der Waals surface area contributed by atoms with Crippen LogP contribution in [-0.2, 0) is 4.79 Å². The van der Waals surface area contributed by atoms with Gasteiger partial charge in [-0.05, 0) is 18.8 Å². The Morgan fingerprint density at radius 2 is 2.18 bits per heavy atom. The molecule has 0 heterocycles. The highest BCUT2D eigenvalue weighted by molar-refractivity contribution is 5.73. The van der Waals surface area contributed by atoms with Crippen LogP contribution in [0.15, 0.2) is 0 Å². The van der Waals surface area contributed by atoms with Gasteiger partial charge in [-0.25, -0.2) is 0 Å². The molecule has 0 aromatic heterocycles. The molecule has 0 aromatic carbocycles. The van der Waals surface area contributed by atoms with Gasteiger partial charge >= 0.3 is 0 Å². The minimum atomic E-state index is 0.115. The molecule has 0 bridgehead atoms. The fraction of sp³-hybridized carbons (Fsp3) is 0.889. The zero-order valence-corrected chi connectivity index (χ0v) is 7.39. The van der Waals surface area contributed by atoms with Crippen LogP contribution < -0.4 is 5.32 Å². The Morgan fingerprint density at radius 3 is 2.73 bits per heavy atom. The Morgan fingerprint density at radius 1 is 1.45 bits per heavy atom. The molecule has 2 atom stereocenters. The summed E-state index contributed by atoms with van der Waals surface area (Å²) < 4.78 is 0. The molecule has 1 saturated carbocycles. The van der Waals surface area contributed by atoms with E-state index in [9.17, 15) is 4.79 Å². The van der Waals surface area contributed by atoms with Crippen molar-refractivity contribution in [1.29, 1.82) is 0 Å². The van der Waals surface area contributed by atoms with Gasteiger partial charge in [0.15, 0.2) is 0 Å². The maximum Gasteiger partial charge on any atom is 0.217 e. The summed E-state index contributed by atoms with van der Waals surface area (Å²) in [5, 5.41) is 2.97. The first-order chi connectivity index (χ1) is 5.18. The highest BCUT2D eigenvalue weighted by atomic mass is 16.1. The molecule has 0 aromatic rings. The predicted octanol–water partition coefficient (Wildman–Crippen LogP) is 1.70. The molecule has 1 aliphatic rings. The van der Waals surface area contributed by atoms with E-state index >= 15 is 0 Å². The summed E-state index contributed by atoms with van der Waals surface area (Å²) in [6.45, 7) is 3.85. The van der Waals surface area contributed by atoms with Gasteiger partial charge in [-0.3, -0.25) is 4.79 Å². The van der Waals surface area contributed by atoms with E-state index in [2.05, 4.69) is 12.2 Å². The molecule has 0 spiro atoms. The van der Waals surface area contributed by atoms with E-state index in [0.717, 1.165) is 5.92 Å². The zero-order valence-electron chi connectivity index (χ0n) is 7.39. The van der Waals surface area contributed by atoms with E-state index in [4.69, 9.17) is 0 Å². The number of carbonyl (C=O) groups is 1. The molecule has 11 heavy (non-hydrogen) atoms. The minimum Gasteiger partial charge on any atom is -0.354 e. The van der Waals surface area contributed by atoms with E-state index in [1.54, 1.807) is 6.92 Å². The quantitative estimate of drug-likeness (QED) is 0.613. The normalized spacial score (nSPS) is 31.5. The maximum absolute atomic E-state index is 10.7. The van der Waals surface area contributed by atoms with Crippen molar-refractivity contribution in [2.45, 2.75) is 45.6 Å². The highest BCUT2D eigenvalue weighted by Gasteiger charge is 2.18. The van der Waals surface area contributed by atoms with Gasteiger partial charge in [0, 0.05) is 13.0 Å². The van der Waals surface area contributed by atoms with Crippen LogP contribution in [-0.4, -0.2) is 11.9 Å². The van der Waals surface area contributed by atoms with Crippen molar-refractivity contribution in [3.63, 3.8) is 0 Å². The fourth-order valence-electron chi connectivity index (χ4n) is 1.85. The average molecular weight is 155 g/mol. The lowest BCUT2D eigenvalue weighted by molar-refractivity contribution is -0.119. The van der Waals surface area contributed by atoms with E-state index in [-0.39, 0.29) is 5.91 Å². The predicted molar refractivity (Wildman–Crippen MR) is 45.2 cm³/mol. The fourth-order valence-corrected chi connectivity index (χ4v) is 1.85. The van der Waals surface area contributed by atoms with Gasteiger partial charge in [0.05, 0.1) is 0 Å². The second-order valence-electron chi connectivity index (χ2n) is 3.67. The molecule has 64 valence electrons. The number of amides is 1. The number of rotatable bonds is 1. The molecule has 1 amide bonds. The molecule has 0 aliphatic heterocycles. The van der Waals surface area contributed by atoms with Crippen molar-refractivity contribution in [2.24, 2.45) is 5.92 Å². The Kier molecular flexibility index (Phi) is 2.92. The Balaban J connectivity index is 2.28. The van der Waals surface area contributed by atoms with Crippen LogP contribution in [0.25, 0.3) is 0 Å². The van der Waals surface area contributed by atoms with Crippen molar-refractivity contribution < 1.29 is 4.79 Å². The third-order valence-corrected chi connectivity index (χ3v) is 2.34. The summed E-state index contributed by atoms with van der Waals surface area (Å²) in [5.74, 6) is 0.907. The topological polar surface area (TPSA) is 29.1 Å². The summed E-state index contributed by atoms with van der Waals surface area (Å²) in [4.78, 5) is 10.7. The Hall–Kier alpha value is -0.530. The van der Waals surface area contributed by atoms with Crippen LogP contribution in [0.1, 0.15) is 39.5 Å². The summed E-state index contributed by atoms with van der Waals surface area (Å²) in [6, 6.07) is 0.455. The second kappa shape index (κ2) is 3.74. The summed E-state index contributed by atoms with van der Waals surface area (Å²) in [5.41, 5.74) is 0. The number of hydrogen-bond acceptors (Lipinski definition) is 1. The first-order valence-corrected chi connectivity index (χ1v) is 4.45.